The Balaban J connectivity index is 0.496. The van der Waals surface area contributed by atoms with E-state index in [1.165, 1.54) is 170 Å². The van der Waals surface area contributed by atoms with Gasteiger partial charge in [0.05, 0.1) is 71.9 Å². The van der Waals surface area contributed by atoms with Gasteiger partial charge in [0.25, 0.3) is 0 Å². The van der Waals surface area contributed by atoms with Crippen molar-refractivity contribution in [3.63, 3.8) is 0 Å². The molecule has 0 saturated carbocycles. The lowest BCUT2D eigenvalue weighted by atomic mass is 9.82. The first-order valence-electron chi connectivity index (χ1n) is 52.2. The highest BCUT2D eigenvalue weighted by Gasteiger charge is 2.40. The highest BCUT2D eigenvalue weighted by atomic mass is 15.2. The maximum atomic E-state index is 2.52. The second kappa shape index (κ2) is 32.6. The Bertz CT molecular complexity index is 10600. The minimum Gasteiger partial charge on any atom is -0.310 e. The fourth-order valence-electron chi connectivity index (χ4n) is 26.2. The zero-order valence-corrected chi connectivity index (χ0v) is 83.1. The van der Waals surface area contributed by atoms with Crippen LogP contribution < -0.4 is 9.80 Å². The fraction of sp³-hybridized carbons (Fsp3) is 0.0423. The van der Waals surface area contributed by atoms with Gasteiger partial charge in [-0.1, -0.05) is 319 Å². The molecule has 0 amide bonds. The van der Waals surface area contributed by atoms with Crippen molar-refractivity contribution in [1.29, 1.82) is 0 Å². The summed E-state index contributed by atoms with van der Waals surface area (Å²) in [6.07, 6.45) is 0. The van der Waals surface area contributed by atoms with E-state index >= 15 is 0 Å². The molecule has 8 nitrogen and oxygen atoms in total. The maximum Gasteiger partial charge on any atom is 0.0547 e. The predicted octanol–water partition coefficient (Wildman–Crippen LogP) is 38.0. The highest BCUT2D eigenvalue weighted by Crippen LogP contribution is 2.57. The smallest absolute Gasteiger partial charge is 0.0547 e. The Labute approximate surface area is 866 Å². The summed E-state index contributed by atoms with van der Waals surface area (Å²) in [6.45, 7) is 9.69. The van der Waals surface area contributed by atoms with Crippen LogP contribution in [0.5, 0.6) is 0 Å². The van der Waals surface area contributed by atoms with Gasteiger partial charge in [-0.15, -0.1) is 0 Å². The van der Waals surface area contributed by atoms with Gasteiger partial charge in [-0.3, -0.25) is 0 Å². The van der Waals surface area contributed by atoms with Crippen LogP contribution in [-0.4, -0.2) is 27.4 Å². The maximum absolute atomic E-state index is 2.52. The number of fused-ring (bicyclic) bond motifs is 25. The molecule has 0 N–H and O–H groups in total. The number of benzene rings is 23. The van der Waals surface area contributed by atoms with Gasteiger partial charge in [-0.25, -0.2) is 0 Å². The quantitative estimate of drug-likeness (QED) is 0.103. The summed E-state index contributed by atoms with van der Waals surface area (Å²) in [5.74, 6) is 0. The number of anilines is 6. The van der Waals surface area contributed by atoms with Gasteiger partial charge < -0.3 is 37.2 Å². The summed E-state index contributed by atoms with van der Waals surface area (Å²) >= 11 is 0. The third-order valence-corrected chi connectivity index (χ3v) is 33.2. The normalized spacial score (nSPS) is 13.0. The molecular weight excluding hydrogens is 1820 g/mol. The number of aromatic nitrogens is 6. The van der Waals surface area contributed by atoms with Crippen LogP contribution >= 0.6 is 0 Å². The van der Waals surface area contributed by atoms with Crippen LogP contribution in [-0.2, 0) is 10.8 Å². The van der Waals surface area contributed by atoms with Crippen molar-refractivity contribution in [3.8, 4) is 89.8 Å². The molecule has 31 rings (SSSR count). The Morgan fingerprint density at radius 3 is 0.900 bits per heavy atom. The van der Waals surface area contributed by atoms with Crippen LogP contribution in [0.2, 0.25) is 0 Å². The minimum atomic E-state index is -0.382. The van der Waals surface area contributed by atoms with E-state index in [9.17, 15) is 0 Å². The Morgan fingerprint density at radius 1 is 0.147 bits per heavy atom. The summed E-state index contributed by atoms with van der Waals surface area (Å²) in [4.78, 5) is 4.97. The fourth-order valence-corrected chi connectivity index (χ4v) is 26.2. The first kappa shape index (κ1) is 85.2. The zero-order valence-electron chi connectivity index (χ0n) is 83.1. The second-order valence-corrected chi connectivity index (χ2v) is 41.8. The molecule has 8 heteroatoms. The lowest BCUT2D eigenvalue weighted by Gasteiger charge is -2.29. The largest absolute Gasteiger partial charge is 0.310 e. The van der Waals surface area contributed by atoms with Gasteiger partial charge in [0, 0.05) is 143 Å². The molecule has 0 bridgehead atoms. The summed E-state index contributed by atoms with van der Waals surface area (Å²) in [7, 11) is 0. The van der Waals surface area contributed by atoms with E-state index in [1.807, 2.05) is 0 Å². The topological polar surface area (TPSA) is 36.1 Å². The van der Waals surface area contributed by atoms with Crippen LogP contribution in [0.25, 0.3) is 231 Å². The Kier molecular flexibility index (Phi) is 18.5. The molecule has 704 valence electrons. The van der Waals surface area contributed by atoms with Crippen molar-refractivity contribution in [3.05, 3.63) is 532 Å². The van der Waals surface area contributed by atoms with Gasteiger partial charge in [-0.2, -0.15) is 0 Å². The molecule has 29 aromatic rings. The van der Waals surface area contributed by atoms with Gasteiger partial charge in [-0.05, 0) is 302 Å². The van der Waals surface area contributed by atoms with E-state index in [1.54, 1.807) is 0 Å². The minimum absolute atomic E-state index is 0.355. The van der Waals surface area contributed by atoms with E-state index < -0.39 is 0 Å². The molecule has 0 spiro atoms. The average Bonchev–Trinajstić information content (AvgIpc) is 1.56. The summed E-state index contributed by atoms with van der Waals surface area (Å²) in [5.41, 5.74) is 43.9. The molecule has 2 aliphatic carbocycles. The first-order valence-corrected chi connectivity index (χ1v) is 52.2. The number of para-hydroxylation sites is 10. The lowest BCUT2D eigenvalue weighted by Crippen LogP contribution is -2.17. The van der Waals surface area contributed by atoms with Gasteiger partial charge in [0.1, 0.15) is 0 Å². The molecule has 0 atom stereocenters. The molecule has 0 aliphatic heterocycles. The van der Waals surface area contributed by atoms with Crippen molar-refractivity contribution < 1.29 is 0 Å². The van der Waals surface area contributed by atoms with E-state index in [4.69, 9.17) is 0 Å². The van der Waals surface area contributed by atoms with Crippen molar-refractivity contribution in [2.24, 2.45) is 0 Å². The number of hydrogen-bond donors (Lipinski definition) is 0. The summed E-state index contributed by atoms with van der Waals surface area (Å²) in [6, 6.07) is 191. The van der Waals surface area contributed by atoms with Crippen LogP contribution in [0.3, 0.4) is 0 Å². The molecule has 6 heterocycles. The molecule has 0 radical (unpaired) electrons. The third-order valence-electron chi connectivity index (χ3n) is 33.2. The standard InChI is InChI=1S/C142H96N8/c1-141(2)123-85-100(143(96-61-65-98(66-62-96)145-127-45-21-13-36-112(127)113-37-14-22-46-128(113)145)95-59-54-89(55-60-95)90-56-73-119-116-40-17-23-47-129(116)147(138(119)83-90)93-30-7-5-8-31-93)69-75-107(123)109-78-72-103(88-126(109)141)150-133-51-27-19-42-118(133)122-82-91(58-80-136(122)150)105-44-29-53-137-140(105)121-43-20-28-52-134(121)146(137)99-67-63-97(64-68-99)144(101-70-76-108-110-77-71-102(87-125(110)142(3,4)124(108)86-101)149-131-49-25-15-38-114(131)115-39-16-26-50-132(115)149)135-81-79-104(106-34-11-12-35-111(106)135)92-57-74-120-117-41-18-24-48-130(117)148(139(120)84-92)94-32-9-6-10-33-94/h5-88H,1-4H3. The molecule has 0 fully saturated rings. The highest BCUT2D eigenvalue weighted by molar-refractivity contribution is 6.20. The Hall–Kier alpha value is -19.3. The van der Waals surface area contributed by atoms with Crippen molar-refractivity contribution in [2.75, 3.05) is 9.80 Å². The van der Waals surface area contributed by atoms with E-state index in [2.05, 4.69) is 574 Å². The number of nitrogens with zero attached hydrogens (tertiary/aromatic N) is 8. The number of hydrogen-bond acceptors (Lipinski definition) is 2. The summed E-state index contributed by atoms with van der Waals surface area (Å²) in [5, 5.41) is 17.1. The molecule has 2 aliphatic rings. The third kappa shape index (κ3) is 12.6. The molecule has 0 saturated heterocycles. The predicted molar refractivity (Wildman–Crippen MR) is 631 cm³/mol. The van der Waals surface area contributed by atoms with Gasteiger partial charge >= 0.3 is 0 Å². The van der Waals surface area contributed by atoms with Crippen molar-refractivity contribution in [2.45, 2.75) is 38.5 Å². The van der Waals surface area contributed by atoms with E-state index in [-0.39, 0.29) is 10.8 Å². The van der Waals surface area contributed by atoms with Crippen LogP contribution in [0.15, 0.2) is 510 Å². The monoisotopic (exact) mass is 1910 g/mol. The van der Waals surface area contributed by atoms with Gasteiger partial charge in [0.2, 0.25) is 0 Å². The molecule has 0 unspecified atom stereocenters. The molecule has 23 aromatic carbocycles. The lowest BCUT2D eigenvalue weighted by molar-refractivity contribution is 0.660. The zero-order chi connectivity index (χ0) is 99.0. The second-order valence-electron chi connectivity index (χ2n) is 41.8. The van der Waals surface area contributed by atoms with E-state index in [0.29, 0.717) is 0 Å². The van der Waals surface area contributed by atoms with Crippen LogP contribution in [0.1, 0.15) is 49.9 Å². The first-order chi connectivity index (χ1) is 73.9. The molecule has 150 heavy (non-hydrogen) atoms. The van der Waals surface area contributed by atoms with Crippen molar-refractivity contribution in [1.82, 2.24) is 27.4 Å². The number of rotatable bonds is 15. The summed E-state index contributed by atoms with van der Waals surface area (Å²) < 4.78 is 14.7. The van der Waals surface area contributed by atoms with Crippen LogP contribution in [0.4, 0.5) is 34.1 Å². The average molecular weight is 1910 g/mol. The van der Waals surface area contributed by atoms with Gasteiger partial charge in [0.15, 0.2) is 0 Å². The van der Waals surface area contributed by atoms with E-state index in [0.717, 1.165) is 118 Å². The molecule has 6 aromatic heterocycles. The Morgan fingerprint density at radius 2 is 0.433 bits per heavy atom. The van der Waals surface area contributed by atoms with Crippen LogP contribution in [0, 0.1) is 0 Å². The van der Waals surface area contributed by atoms with Crippen molar-refractivity contribution >= 4 is 176 Å². The SMILES string of the molecule is CC1(C)c2cc(N(c3ccc(-c4ccc5c6ccccc6n(-c6ccccc6)c5c4)cc3)c3ccc(-n4c5ccccc5c5ccccc54)cc3)ccc2-c2ccc(-n3c4ccccc4c4cc(-c5cccc6c5c5ccccc5n6-c5ccc(N(c6ccc7c(c6)C(C)(C)c6cc(-n8c9ccccc9c9ccccc98)ccc6-7)c6ccc(-c7ccc8c9ccccc9n(-c9ccccc9)c8c7)c7ccccc67)cc5)ccc43)cc21. The molecular formula is C142H96N8.